The molecule has 1 aromatic rings. The molecule has 0 bridgehead atoms. The van der Waals surface area contributed by atoms with Gasteiger partial charge in [-0.2, -0.15) is 0 Å². The Morgan fingerprint density at radius 2 is 1.74 bits per heavy atom. The van der Waals surface area contributed by atoms with Crippen LogP contribution in [0.25, 0.3) is 0 Å². The predicted molar refractivity (Wildman–Crippen MR) is 79.0 cm³/mol. The number of sulfonamides is 1. The van der Waals surface area contributed by atoms with E-state index in [1.54, 1.807) is 12.1 Å². The summed E-state index contributed by atoms with van der Waals surface area (Å²) in [4.78, 5) is 2.33. The van der Waals surface area contributed by atoms with Crippen LogP contribution in [0.2, 0.25) is 0 Å². The van der Waals surface area contributed by atoms with E-state index in [0.717, 1.165) is 18.8 Å². The highest BCUT2D eigenvalue weighted by molar-refractivity contribution is 7.92. The van der Waals surface area contributed by atoms with Gasteiger partial charge in [-0.3, -0.25) is 4.72 Å². The van der Waals surface area contributed by atoms with Gasteiger partial charge in [0.1, 0.15) is 0 Å². The lowest BCUT2D eigenvalue weighted by molar-refractivity contribution is 0.578. The summed E-state index contributed by atoms with van der Waals surface area (Å²) in [5.74, 6) is -0.0547. The lowest BCUT2D eigenvalue weighted by Crippen LogP contribution is -2.29. The van der Waals surface area contributed by atoms with Crippen LogP contribution in [0.1, 0.15) is 19.3 Å². The standard InChI is InChI=1S/C13H21N3O2S/c14-8-11-19(17,18)15-12-4-6-13(7-5-12)16-9-2-1-3-10-16/h4-7,15H,1-3,8-11,14H2. The molecular weight excluding hydrogens is 262 g/mol. The fraction of sp³-hybridized carbons (Fsp3) is 0.538. The molecule has 0 saturated carbocycles. The minimum absolute atomic E-state index is 0.0547. The second kappa shape index (κ2) is 6.25. The zero-order valence-corrected chi connectivity index (χ0v) is 11.8. The van der Waals surface area contributed by atoms with Crippen molar-refractivity contribution >= 4 is 21.4 Å². The van der Waals surface area contributed by atoms with Crippen LogP contribution in [0.4, 0.5) is 11.4 Å². The zero-order chi connectivity index (χ0) is 13.7. The molecule has 19 heavy (non-hydrogen) atoms. The maximum Gasteiger partial charge on any atom is 0.233 e. The van der Waals surface area contributed by atoms with Crippen LogP contribution in [0.5, 0.6) is 0 Å². The Morgan fingerprint density at radius 1 is 1.11 bits per heavy atom. The molecular formula is C13H21N3O2S. The van der Waals surface area contributed by atoms with Gasteiger partial charge in [-0.15, -0.1) is 0 Å². The molecule has 0 amide bonds. The lowest BCUT2D eigenvalue weighted by Gasteiger charge is -2.28. The van der Waals surface area contributed by atoms with Crippen molar-refractivity contribution in [3.05, 3.63) is 24.3 Å². The van der Waals surface area contributed by atoms with Gasteiger partial charge in [0, 0.05) is 31.0 Å². The van der Waals surface area contributed by atoms with Crippen molar-refractivity contribution in [2.24, 2.45) is 5.73 Å². The highest BCUT2D eigenvalue weighted by Gasteiger charge is 2.12. The van der Waals surface area contributed by atoms with Crippen molar-refractivity contribution in [3.63, 3.8) is 0 Å². The third-order valence-electron chi connectivity index (χ3n) is 3.25. The van der Waals surface area contributed by atoms with Crippen molar-refractivity contribution in [3.8, 4) is 0 Å². The van der Waals surface area contributed by atoms with Crippen molar-refractivity contribution in [2.75, 3.05) is 35.0 Å². The molecule has 1 saturated heterocycles. The van der Waals surface area contributed by atoms with Gasteiger partial charge in [-0.25, -0.2) is 8.42 Å². The fourth-order valence-corrected chi connectivity index (χ4v) is 3.19. The normalized spacial score (nSPS) is 16.4. The summed E-state index contributed by atoms with van der Waals surface area (Å²) < 4.78 is 25.7. The molecule has 0 atom stereocenters. The van der Waals surface area contributed by atoms with Crippen LogP contribution in [-0.4, -0.2) is 33.8 Å². The highest BCUT2D eigenvalue weighted by Crippen LogP contribution is 2.22. The van der Waals surface area contributed by atoms with E-state index in [1.165, 1.54) is 19.3 Å². The average Bonchev–Trinajstić information content (AvgIpc) is 2.40. The van der Waals surface area contributed by atoms with Crippen molar-refractivity contribution in [2.45, 2.75) is 19.3 Å². The maximum atomic E-state index is 11.6. The molecule has 0 radical (unpaired) electrons. The van der Waals surface area contributed by atoms with Crippen LogP contribution < -0.4 is 15.4 Å². The number of hydrogen-bond acceptors (Lipinski definition) is 4. The summed E-state index contributed by atoms with van der Waals surface area (Å²) in [6.45, 7) is 2.29. The third-order valence-corrected chi connectivity index (χ3v) is 4.57. The second-order valence-electron chi connectivity index (χ2n) is 4.80. The van der Waals surface area contributed by atoms with Crippen LogP contribution in [0.3, 0.4) is 0 Å². The average molecular weight is 283 g/mol. The Balaban J connectivity index is 2.02. The zero-order valence-electron chi connectivity index (χ0n) is 11.0. The third kappa shape index (κ3) is 4.11. The van der Waals surface area contributed by atoms with Crippen LogP contribution in [0, 0.1) is 0 Å². The summed E-state index contributed by atoms with van der Waals surface area (Å²) in [5, 5.41) is 0. The Morgan fingerprint density at radius 3 is 2.32 bits per heavy atom. The van der Waals surface area contributed by atoms with Gasteiger partial charge in [0.25, 0.3) is 0 Å². The first-order valence-corrected chi connectivity index (χ1v) is 8.31. The Labute approximate surface area is 114 Å². The fourth-order valence-electron chi connectivity index (χ4n) is 2.28. The van der Waals surface area contributed by atoms with Crippen molar-refractivity contribution in [1.82, 2.24) is 0 Å². The van der Waals surface area contributed by atoms with Gasteiger partial charge < -0.3 is 10.6 Å². The molecule has 0 aromatic heterocycles. The molecule has 1 aliphatic heterocycles. The largest absolute Gasteiger partial charge is 0.372 e. The monoisotopic (exact) mass is 283 g/mol. The number of nitrogens with zero attached hydrogens (tertiary/aromatic N) is 1. The van der Waals surface area contributed by atoms with E-state index in [-0.39, 0.29) is 12.3 Å². The molecule has 1 aliphatic rings. The Kier molecular flexibility index (Phi) is 4.66. The number of anilines is 2. The SMILES string of the molecule is NCCS(=O)(=O)Nc1ccc(N2CCCCC2)cc1. The van der Waals surface area contributed by atoms with Crippen LogP contribution in [0.15, 0.2) is 24.3 Å². The smallest absolute Gasteiger partial charge is 0.233 e. The van der Waals surface area contributed by atoms with E-state index in [9.17, 15) is 8.42 Å². The predicted octanol–water partition coefficient (Wildman–Crippen LogP) is 1.38. The van der Waals surface area contributed by atoms with E-state index in [1.807, 2.05) is 12.1 Å². The number of piperidine rings is 1. The summed E-state index contributed by atoms with van der Waals surface area (Å²) in [6.07, 6.45) is 3.75. The molecule has 5 nitrogen and oxygen atoms in total. The van der Waals surface area contributed by atoms with E-state index in [2.05, 4.69) is 9.62 Å². The van der Waals surface area contributed by atoms with E-state index in [4.69, 9.17) is 5.73 Å². The Bertz CT molecular complexity index is 493. The molecule has 3 N–H and O–H groups in total. The van der Waals surface area contributed by atoms with Gasteiger partial charge in [-0.1, -0.05) is 0 Å². The van der Waals surface area contributed by atoms with Crippen molar-refractivity contribution in [1.29, 1.82) is 0 Å². The number of hydrogen-bond donors (Lipinski definition) is 2. The molecule has 2 rings (SSSR count). The van der Waals surface area contributed by atoms with Crippen LogP contribution in [-0.2, 0) is 10.0 Å². The van der Waals surface area contributed by atoms with E-state index >= 15 is 0 Å². The summed E-state index contributed by atoms with van der Waals surface area (Å²) >= 11 is 0. The first-order chi connectivity index (χ1) is 9.11. The minimum atomic E-state index is -3.31. The van der Waals surface area contributed by atoms with Gasteiger partial charge >= 0.3 is 0 Å². The topological polar surface area (TPSA) is 75.4 Å². The first-order valence-electron chi connectivity index (χ1n) is 6.66. The number of nitrogens with one attached hydrogen (secondary N) is 1. The maximum absolute atomic E-state index is 11.6. The molecule has 1 aromatic carbocycles. The number of rotatable bonds is 5. The minimum Gasteiger partial charge on any atom is -0.372 e. The Hall–Kier alpha value is -1.27. The molecule has 1 fully saturated rings. The summed E-state index contributed by atoms with van der Waals surface area (Å²) in [5.41, 5.74) is 7.01. The summed E-state index contributed by atoms with van der Waals surface area (Å²) in [6, 6.07) is 7.53. The molecule has 0 aliphatic carbocycles. The molecule has 6 heteroatoms. The molecule has 0 unspecified atom stereocenters. The molecule has 106 valence electrons. The highest BCUT2D eigenvalue weighted by atomic mass is 32.2. The van der Waals surface area contributed by atoms with Gasteiger partial charge in [0.2, 0.25) is 10.0 Å². The first kappa shape index (κ1) is 14.1. The lowest BCUT2D eigenvalue weighted by atomic mass is 10.1. The number of benzene rings is 1. The van der Waals surface area contributed by atoms with Gasteiger partial charge in [0.05, 0.1) is 5.75 Å². The van der Waals surface area contributed by atoms with E-state index in [0.29, 0.717) is 5.69 Å². The molecule has 0 spiro atoms. The van der Waals surface area contributed by atoms with E-state index < -0.39 is 10.0 Å². The van der Waals surface area contributed by atoms with Crippen molar-refractivity contribution < 1.29 is 8.42 Å². The van der Waals surface area contributed by atoms with Gasteiger partial charge in [0.15, 0.2) is 0 Å². The number of nitrogens with two attached hydrogens (primary N) is 1. The quantitative estimate of drug-likeness (QED) is 0.856. The van der Waals surface area contributed by atoms with Crippen LogP contribution >= 0.6 is 0 Å². The molecule has 1 heterocycles. The second-order valence-corrected chi connectivity index (χ2v) is 6.65. The summed E-state index contributed by atoms with van der Waals surface area (Å²) in [7, 11) is -3.31. The van der Waals surface area contributed by atoms with Gasteiger partial charge in [-0.05, 0) is 43.5 Å².